The van der Waals surface area contributed by atoms with Crippen molar-refractivity contribution in [3.05, 3.63) is 0 Å². The van der Waals surface area contributed by atoms with E-state index in [1.807, 2.05) is 0 Å². The first-order valence-corrected chi connectivity index (χ1v) is 18.7. The van der Waals surface area contributed by atoms with Crippen LogP contribution < -0.4 is 0 Å². The van der Waals surface area contributed by atoms with E-state index in [0.717, 1.165) is 5.75 Å². The zero-order chi connectivity index (χ0) is 26.7. The van der Waals surface area contributed by atoms with E-state index in [1.54, 1.807) is 0 Å². The van der Waals surface area contributed by atoms with Gasteiger partial charge >= 0.3 is 0 Å². The number of unbranched alkanes of at least 4 members (excludes halogenated alkanes) is 33. The molecule has 0 aromatic carbocycles. The highest BCUT2D eigenvalue weighted by Crippen LogP contribution is 2.17. The first-order chi connectivity index (χ1) is 18.4. The van der Waals surface area contributed by atoms with Crippen LogP contribution >= 0.6 is 12.6 Å². The first kappa shape index (κ1) is 37.4. The van der Waals surface area contributed by atoms with Crippen LogP contribution in [0.25, 0.3) is 0 Å². The van der Waals surface area contributed by atoms with Gasteiger partial charge in [0.15, 0.2) is 0 Å². The topological polar surface area (TPSA) is 0 Å². The number of thiol groups is 1. The number of hydrogen-bond donors (Lipinski definition) is 1. The minimum atomic E-state index is 1.07. The van der Waals surface area contributed by atoms with Gasteiger partial charge < -0.3 is 0 Å². The third kappa shape index (κ3) is 36.4. The second-order valence-corrected chi connectivity index (χ2v) is 12.8. The van der Waals surface area contributed by atoms with Gasteiger partial charge in [0.2, 0.25) is 0 Å². The van der Waals surface area contributed by atoms with Crippen LogP contribution in [-0.4, -0.2) is 5.75 Å². The maximum Gasteiger partial charge on any atom is -0.00979 e. The Morgan fingerprint density at radius 1 is 0.216 bits per heavy atom. The Balaban J connectivity index is 3.00. The van der Waals surface area contributed by atoms with Crippen molar-refractivity contribution < 1.29 is 0 Å². The average Bonchev–Trinajstić information content (AvgIpc) is 2.91. The standard InChI is InChI=1S/C36H74S/c1-2-3-4-5-6-7-8-9-10-11-12-13-14-15-16-17-18-19-20-21-22-23-24-25-26-27-28-29-30-31-32-33-34-35-36-37/h37H,2-36H2,1H3. The summed E-state index contributed by atoms with van der Waals surface area (Å²) in [5.74, 6) is 1.07. The largest absolute Gasteiger partial charge is 0.179 e. The fraction of sp³-hybridized carbons (Fsp3) is 1.00. The third-order valence-electron chi connectivity index (χ3n) is 8.51. The Hall–Kier alpha value is 0.350. The lowest BCUT2D eigenvalue weighted by molar-refractivity contribution is 0.511. The highest BCUT2D eigenvalue weighted by Gasteiger charge is 1.97. The molecule has 1 heteroatoms. The average molecular weight is 539 g/mol. The second kappa shape index (κ2) is 36.4. The highest BCUT2D eigenvalue weighted by atomic mass is 32.1. The summed E-state index contributed by atoms with van der Waals surface area (Å²) in [6, 6.07) is 0. The molecular formula is C36H74S. The summed E-state index contributed by atoms with van der Waals surface area (Å²) >= 11 is 4.29. The van der Waals surface area contributed by atoms with Gasteiger partial charge in [-0.15, -0.1) is 0 Å². The van der Waals surface area contributed by atoms with Crippen molar-refractivity contribution in [2.24, 2.45) is 0 Å². The van der Waals surface area contributed by atoms with E-state index in [4.69, 9.17) is 0 Å². The lowest BCUT2D eigenvalue weighted by Gasteiger charge is -2.05. The minimum Gasteiger partial charge on any atom is -0.179 e. The first-order valence-electron chi connectivity index (χ1n) is 18.0. The summed E-state index contributed by atoms with van der Waals surface area (Å²) in [6.45, 7) is 2.31. The smallest absolute Gasteiger partial charge is 0.00979 e. The van der Waals surface area contributed by atoms with Crippen molar-refractivity contribution in [3.63, 3.8) is 0 Å². The van der Waals surface area contributed by atoms with E-state index in [1.165, 1.54) is 218 Å². The molecule has 0 atom stereocenters. The van der Waals surface area contributed by atoms with Gasteiger partial charge in [-0.2, -0.15) is 12.6 Å². The van der Waals surface area contributed by atoms with Crippen molar-refractivity contribution >= 4 is 12.6 Å². The van der Waals surface area contributed by atoms with Crippen LogP contribution in [0.5, 0.6) is 0 Å². The molecule has 0 spiro atoms. The molecule has 0 fully saturated rings. The summed E-state index contributed by atoms with van der Waals surface area (Å²) in [7, 11) is 0. The molecule has 0 aromatic rings. The predicted octanol–water partition coefficient (Wildman–Crippen LogP) is 14.2. The van der Waals surface area contributed by atoms with Gasteiger partial charge in [-0.1, -0.05) is 219 Å². The Kier molecular flexibility index (Phi) is 36.7. The number of hydrogen-bond acceptors (Lipinski definition) is 1. The molecule has 0 aliphatic carbocycles. The molecular weight excluding hydrogens is 464 g/mol. The van der Waals surface area contributed by atoms with E-state index in [9.17, 15) is 0 Å². The van der Waals surface area contributed by atoms with E-state index in [2.05, 4.69) is 19.6 Å². The molecule has 0 saturated heterocycles. The Bertz CT molecular complexity index is 332. The van der Waals surface area contributed by atoms with Gasteiger partial charge in [0.05, 0.1) is 0 Å². The van der Waals surface area contributed by atoms with Gasteiger partial charge in [-0.25, -0.2) is 0 Å². The van der Waals surface area contributed by atoms with Crippen LogP contribution in [0.2, 0.25) is 0 Å². The summed E-state index contributed by atoms with van der Waals surface area (Å²) in [5, 5.41) is 0. The maximum atomic E-state index is 4.29. The van der Waals surface area contributed by atoms with E-state index < -0.39 is 0 Å². The summed E-state index contributed by atoms with van der Waals surface area (Å²) in [6.07, 6.45) is 50.1. The second-order valence-electron chi connectivity index (χ2n) is 12.4. The molecule has 0 nitrogen and oxygen atoms in total. The normalized spacial score (nSPS) is 11.5. The van der Waals surface area contributed by atoms with Crippen LogP contribution in [0, 0.1) is 0 Å². The highest BCUT2D eigenvalue weighted by molar-refractivity contribution is 7.80. The molecule has 0 heterocycles. The van der Waals surface area contributed by atoms with Gasteiger partial charge in [-0.3, -0.25) is 0 Å². The number of rotatable bonds is 34. The predicted molar refractivity (Wildman–Crippen MR) is 177 cm³/mol. The fourth-order valence-electron chi connectivity index (χ4n) is 5.84. The van der Waals surface area contributed by atoms with E-state index in [-0.39, 0.29) is 0 Å². The Morgan fingerprint density at radius 2 is 0.351 bits per heavy atom. The van der Waals surface area contributed by atoms with Crippen LogP contribution in [-0.2, 0) is 0 Å². The van der Waals surface area contributed by atoms with Gasteiger partial charge in [0.25, 0.3) is 0 Å². The molecule has 0 N–H and O–H groups in total. The molecule has 224 valence electrons. The molecule has 0 aromatic heterocycles. The Labute approximate surface area is 243 Å². The maximum absolute atomic E-state index is 4.29. The van der Waals surface area contributed by atoms with Crippen LogP contribution in [0.3, 0.4) is 0 Å². The van der Waals surface area contributed by atoms with Crippen molar-refractivity contribution in [1.82, 2.24) is 0 Å². The van der Waals surface area contributed by atoms with E-state index in [0.29, 0.717) is 0 Å². The molecule has 0 aliphatic rings. The minimum absolute atomic E-state index is 1.07. The monoisotopic (exact) mass is 539 g/mol. The molecule has 0 amide bonds. The van der Waals surface area contributed by atoms with Crippen molar-refractivity contribution in [2.75, 3.05) is 5.75 Å². The SMILES string of the molecule is CCCCCCCCCCCCCCCCCCCCCCCCCCCCCCCCCCCCS. The molecule has 0 bridgehead atoms. The molecule has 0 unspecified atom stereocenters. The van der Waals surface area contributed by atoms with Gasteiger partial charge in [0, 0.05) is 0 Å². The zero-order valence-electron chi connectivity index (χ0n) is 26.2. The van der Waals surface area contributed by atoms with Gasteiger partial charge in [0.1, 0.15) is 0 Å². The lowest BCUT2D eigenvalue weighted by atomic mass is 10.0. The molecule has 0 saturated carbocycles. The van der Waals surface area contributed by atoms with Crippen molar-refractivity contribution in [3.8, 4) is 0 Å². The van der Waals surface area contributed by atoms with Crippen LogP contribution in [0.15, 0.2) is 0 Å². The van der Waals surface area contributed by atoms with Crippen LogP contribution in [0.4, 0.5) is 0 Å². The summed E-state index contributed by atoms with van der Waals surface area (Å²) in [4.78, 5) is 0. The van der Waals surface area contributed by atoms with Crippen LogP contribution in [0.1, 0.15) is 225 Å². The summed E-state index contributed by atoms with van der Waals surface area (Å²) in [5.41, 5.74) is 0. The Morgan fingerprint density at radius 3 is 0.486 bits per heavy atom. The quantitative estimate of drug-likeness (QED) is 0.0611. The van der Waals surface area contributed by atoms with E-state index >= 15 is 0 Å². The summed E-state index contributed by atoms with van der Waals surface area (Å²) < 4.78 is 0. The van der Waals surface area contributed by atoms with Crippen molar-refractivity contribution in [1.29, 1.82) is 0 Å². The van der Waals surface area contributed by atoms with Crippen molar-refractivity contribution in [2.45, 2.75) is 225 Å². The fourth-order valence-corrected chi connectivity index (χ4v) is 6.07. The third-order valence-corrected chi connectivity index (χ3v) is 8.83. The van der Waals surface area contributed by atoms with Gasteiger partial charge in [-0.05, 0) is 12.2 Å². The molecule has 0 aliphatic heterocycles. The molecule has 0 radical (unpaired) electrons. The zero-order valence-corrected chi connectivity index (χ0v) is 27.1. The molecule has 37 heavy (non-hydrogen) atoms. The molecule has 0 rings (SSSR count). The lowest BCUT2D eigenvalue weighted by Crippen LogP contribution is -1.85.